The lowest BCUT2D eigenvalue weighted by Gasteiger charge is -2.00. The summed E-state index contributed by atoms with van der Waals surface area (Å²) < 4.78 is 12.6. The highest BCUT2D eigenvalue weighted by Crippen LogP contribution is 2.23. The average molecular weight is 289 g/mol. The van der Waals surface area contributed by atoms with E-state index in [9.17, 15) is 0 Å². The maximum atomic E-state index is 5.51. The summed E-state index contributed by atoms with van der Waals surface area (Å²) in [5.74, 6) is 1.96. The van der Waals surface area contributed by atoms with Gasteiger partial charge in [-0.2, -0.15) is 0 Å². The molecule has 3 aromatic rings. The maximum Gasteiger partial charge on any atom is 0.283 e. The summed E-state index contributed by atoms with van der Waals surface area (Å²) in [6.07, 6.45) is 5.01. The van der Waals surface area contributed by atoms with Gasteiger partial charge in [0.25, 0.3) is 5.89 Å². The van der Waals surface area contributed by atoms with Crippen molar-refractivity contribution < 1.29 is 8.83 Å². The van der Waals surface area contributed by atoms with Crippen molar-refractivity contribution in [3.8, 4) is 11.7 Å². The largest absolute Gasteiger partial charge is 0.459 e. The van der Waals surface area contributed by atoms with E-state index in [1.165, 1.54) is 11.8 Å². The van der Waals surface area contributed by atoms with Crippen LogP contribution in [-0.4, -0.2) is 25.0 Å². The molecule has 102 valence electrons. The summed E-state index contributed by atoms with van der Waals surface area (Å²) in [5.41, 5.74) is 0. The number of nitrogens with zero attached hydrogens (tertiary/aromatic N) is 5. The van der Waals surface area contributed by atoms with Crippen molar-refractivity contribution in [3.63, 3.8) is 0 Å². The molecule has 8 heteroatoms. The first-order valence-electron chi connectivity index (χ1n) is 5.84. The standard InChI is InChI=1S/C12H11N5O2S/c1-2-5-17-8-13-16-12(17)20-7-10-14-15-11(19-10)9-4-3-6-18-9/h2-4,6,8H,1,5,7H2. The fraction of sp³-hybridized carbons (Fsp3) is 0.167. The Morgan fingerprint density at radius 2 is 2.30 bits per heavy atom. The summed E-state index contributed by atoms with van der Waals surface area (Å²) in [4.78, 5) is 0. The Hall–Kier alpha value is -2.35. The van der Waals surface area contributed by atoms with Gasteiger partial charge in [-0.15, -0.1) is 27.0 Å². The molecule has 0 N–H and O–H groups in total. The molecule has 0 atom stereocenters. The number of allylic oxidation sites excluding steroid dienone is 1. The van der Waals surface area contributed by atoms with E-state index < -0.39 is 0 Å². The fourth-order valence-electron chi connectivity index (χ4n) is 1.56. The van der Waals surface area contributed by atoms with Crippen LogP contribution in [0.25, 0.3) is 11.7 Å². The molecule has 0 saturated heterocycles. The van der Waals surface area contributed by atoms with Crippen LogP contribution >= 0.6 is 11.8 Å². The predicted octanol–water partition coefficient (Wildman–Crippen LogP) is 2.40. The molecule has 0 amide bonds. The normalized spacial score (nSPS) is 10.8. The molecule has 20 heavy (non-hydrogen) atoms. The third-order valence-electron chi connectivity index (χ3n) is 2.43. The van der Waals surface area contributed by atoms with E-state index in [0.717, 1.165) is 5.16 Å². The Kier molecular flexibility index (Phi) is 3.64. The molecule has 7 nitrogen and oxygen atoms in total. The molecule has 3 heterocycles. The van der Waals surface area contributed by atoms with Gasteiger partial charge >= 0.3 is 0 Å². The van der Waals surface area contributed by atoms with E-state index in [1.807, 2.05) is 4.57 Å². The van der Waals surface area contributed by atoms with Gasteiger partial charge in [0.05, 0.1) is 12.0 Å². The third kappa shape index (κ3) is 2.64. The minimum Gasteiger partial charge on any atom is -0.459 e. The van der Waals surface area contributed by atoms with Crippen LogP contribution in [0.15, 0.2) is 51.4 Å². The molecule has 0 aliphatic heterocycles. The zero-order chi connectivity index (χ0) is 13.8. The molecule has 0 aliphatic carbocycles. The van der Waals surface area contributed by atoms with Crippen LogP contribution in [0.3, 0.4) is 0 Å². The number of rotatable bonds is 6. The van der Waals surface area contributed by atoms with Gasteiger partial charge in [0.2, 0.25) is 5.89 Å². The average Bonchev–Trinajstić information content (AvgIpc) is 3.18. The van der Waals surface area contributed by atoms with E-state index in [4.69, 9.17) is 8.83 Å². The number of aromatic nitrogens is 5. The van der Waals surface area contributed by atoms with E-state index in [0.29, 0.717) is 29.8 Å². The first-order valence-corrected chi connectivity index (χ1v) is 6.83. The van der Waals surface area contributed by atoms with Crippen LogP contribution in [0.2, 0.25) is 0 Å². The zero-order valence-corrected chi connectivity index (χ0v) is 11.3. The second kappa shape index (κ2) is 5.74. The Labute approximate surface area is 118 Å². The fourth-order valence-corrected chi connectivity index (χ4v) is 2.32. The molecule has 3 rings (SSSR count). The van der Waals surface area contributed by atoms with E-state index in [-0.39, 0.29) is 0 Å². The van der Waals surface area contributed by atoms with Crippen LogP contribution in [0, 0.1) is 0 Å². The second-order valence-electron chi connectivity index (χ2n) is 3.82. The van der Waals surface area contributed by atoms with Crippen molar-refractivity contribution in [1.82, 2.24) is 25.0 Å². The van der Waals surface area contributed by atoms with Crippen molar-refractivity contribution in [3.05, 3.63) is 43.3 Å². The number of hydrogen-bond acceptors (Lipinski definition) is 7. The van der Waals surface area contributed by atoms with Crippen molar-refractivity contribution in [1.29, 1.82) is 0 Å². The predicted molar refractivity (Wildman–Crippen MR) is 71.8 cm³/mol. The van der Waals surface area contributed by atoms with Gasteiger partial charge in [0.15, 0.2) is 10.9 Å². The molecule has 0 saturated carbocycles. The van der Waals surface area contributed by atoms with Gasteiger partial charge < -0.3 is 13.4 Å². The molecule has 0 aromatic carbocycles. The van der Waals surface area contributed by atoms with Crippen molar-refractivity contribution in [2.24, 2.45) is 0 Å². The Morgan fingerprint density at radius 1 is 1.35 bits per heavy atom. The number of furan rings is 1. The van der Waals surface area contributed by atoms with Gasteiger partial charge in [-0.05, 0) is 12.1 Å². The van der Waals surface area contributed by atoms with Crippen LogP contribution in [0.5, 0.6) is 0 Å². The first kappa shape index (κ1) is 12.7. The summed E-state index contributed by atoms with van der Waals surface area (Å²) in [6.45, 7) is 4.35. The second-order valence-corrected chi connectivity index (χ2v) is 4.76. The van der Waals surface area contributed by atoms with Crippen molar-refractivity contribution in [2.75, 3.05) is 0 Å². The number of hydrogen-bond donors (Lipinski definition) is 0. The van der Waals surface area contributed by atoms with Gasteiger partial charge in [-0.25, -0.2) is 0 Å². The molecule has 0 aliphatic rings. The summed E-state index contributed by atoms with van der Waals surface area (Å²) >= 11 is 1.47. The quantitative estimate of drug-likeness (QED) is 0.509. The van der Waals surface area contributed by atoms with Crippen molar-refractivity contribution >= 4 is 11.8 Å². The summed E-state index contributed by atoms with van der Waals surface area (Å²) in [5, 5.41) is 16.6. The smallest absolute Gasteiger partial charge is 0.283 e. The van der Waals surface area contributed by atoms with Gasteiger partial charge in [-0.3, -0.25) is 0 Å². The molecule has 3 aromatic heterocycles. The monoisotopic (exact) mass is 289 g/mol. The minimum absolute atomic E-state index is 0.373. The third-order valence-corrected chi connectivity index (χ3v) is 3.39. The minimum atomic E-state index is 0.373. The molecule has 0 unspecified atom stereocenters. The topological polar surface area (TPSA) is 82.8 Å². The first-order chi connectivity index (χ1) is 9.86. The lowest BCUT2D eigenvalue weighted by molar-refractivity contribution is 0.494. The summed E-state index contributed by atoms with van der Waals surface area (Å²) in [6, 6.07) is 3.54. The van der Waals surface area contributed by atoms with Gasteiger partial charge in [-0.1, -0.05) is 17.8 Å². The molecule has 0 bridgehead atoms. The lowest BCUT2D eigenvalue weighted by Crippen LogP contribution is -1.95. The summed E-state index contributed by atoms with van der Waals surface area (Å²) in [7, 11) is 0. The van der Waals surface area contributed by atoms with E-state index >= 15 is 0 Å². The highest BCUT2D eigenvalue weighted by Gasteiger charge is 2.12. The number of thioether (sulfide) groups is 1. The lowest BCUT2D eigenvalue weighted by atomic mass is 10.5. The van der Waals surface area contributed by atoms with E-state index in [1.54, 1.807) is 30.8 Å². The molecule has 0 spiro atoms. The maximum absolute atomic E-state index is 5.51. The molecular weight excluding hydrogens is 278 g/mol. The van der Waals surface area contributed by atoms with Gasteiger partial charge in [0.1, 0.15) is 6.33 Å². The van der Waals surface area contributed by atoms with E-state index in [2.05, 4.69) is 27.0 Å². The molecule has 0 radical (unpaired) electrons. The zero-order valence-electron chi connectivity index (χ0n) is 10.5. The molecular formula is C12H11N5O2S. The Bertz CT molecular complexity index is 688. The van der Waals surface area contributed by atoms with Crippen LogP contribution < -0.4 is 0 Å². The van der Waals surface area contributed by atoms with Crippen LogP contribution in [0.1, 0.15) is 5.89 Å². The highest BCUT2D eigenvalue weighted by atomic mass is 32.2. The van der Waals surface area contributed by atoms with Gasteiger partial charge in [0, 0.05) is 6.54 Å². The van der Waals surface area contributed by atoms with Crippen molar-refractivity contribution in [2.45, 2.75) is 17.5 Å². The Balaban J connectivity index is 1.67. The molecule has 0 fully saturated rings. The highest BCUT2D eigenvalue weighted by molar-refractivity contribution is 7.98. The SMILES string of the molecule is C=CCn1cnnc1SCc1nnc(-c2ccco2)o1. The Morgan fingerprint density at radius 3 is 3.10 bits per heavy atom. The van der Waals surface area contributed by atoms with Crippen LogP contribution in [-0.2, 0) is 12.3 Å². The van der Waals surface area contributed by atoms with Crippen LogP contribution in [0.4, 0.5) is 0 Å².